The van der Waals surface area contributed by atoms with Gasteiger partial charge in [0.05, 0.1) is 19.4 Å². The number of aliphatic hydroxyl groups is 1. The number of ether oxygens (including phenoxy) is 1. The zero-order valence-electron chi connectivity index (χ0n) is 7.27. The zero-order chi connectivity index (χ0) is 10.9. The number of anilines is 1. The number of nitrogen functional groups attached to an aromatic ring is 1. The van der Waals surface area contributed by atoms with Crippen LogP contribution in [-0.2, 0) is 6.61 Å². The summed E-state index contributed by atoms with van der Waals surface area (Å²) in [5.41, 5.74) is 3.79. The molecule has 0 radical (unpaired) electrons. The number of rotatable bonds is 2. The summed E-state index contributed by atoms with van der Waals surface area (Å²) in [5.74, 6) is -5.00. The number of halogens is 3. The van der Waals surface area contributed by atoms with Crippen molar-refractivity contribution in [2.24, 2.45) is 0 Å². The Hall–Kier alpha value is -1.43. The summed E-state index contributed by atoms with van der Waals surface area (Å²) < 4.78 is 43.4. The van der Waals surface area contributed by atoms with Crippen molar-refractivity contribution < 1.29 is 23.0 Å². The van der Waals surface area contributed by atoms with E-state index in [0.717, 1.165) is 7.11 Å². The van der Waals surface area contributed by atoms with Crippen LogP contribution in [0.2, 0.25) is 0 Å². The van der Waals surface area contributed by atoms with Gasteiger partial charge in [-0.15, -0.1) is 0 Å². The molecule has 0 atom stereocenters. The van der Waals surface area contributed by atoms with Gasteiger partial charge in [-0.1, -0.05) is 0 Å². The molecule has 0 amide bonds. The van der Waals surface area contributed by atoms with Gasteiger partial charge in [0.15, 0.2) is 17.4 Å². The lowest BCUT2D eigenvalue weighted by atomic mass is 10.1. The van der Waals surface area contributed by atoms with Gasteiger partial charge in [0.1, 0.15) is 0 Å². The quantitative estimate of drug-likeness (QED) is 0.565. The van der Waals surface area contributed by atoms with Crippen LogP contribution in [0, 0.1) is 17.5 Å². The molecule has 0 aromatic heterocycles. The summed E-state index contributed by atoms with van der Waals surface area (Å²) in [5, 5.41) is 8.67. The van der Waals surface area contributed by atoms with Gasteiger partial charge in [0, 0.05) is 5.56 Å². The lowest BCUT2D eigenvalue weighted by Crippen LogP contribution is -2.07. The van der Waals surface area contributed by atoms with Crippen molar-refractivity contribution >= 4 is 5.69 Å². The largest absolute Gasteiger partial charge is 0.491 e. The van der Waals surface area contributed by atoms with Crippen LogP contribution in [0.4, 0.5) is 18.9 Å². The summed E-state index contributed by atoms with van der Waals surface area (Å²) in [4.78, 5) is 0. The molecule has 0 saturated carbocycles. The average Bonchev–Trinajstić information content (AvgIpc) is 2.16. The normalized spacial score (nSPS) is 10.4. The van der Waals surface area contributed by atoms with Crippen LogP contribution in [0.25, 0.3) is 0 Å². The third-order valence-corrected chi connectivity index (χ3v) is 1.78. The molecule has 0 unspecified atom stereocenters. The second kappa shape index (κ2) is 3.75. The smallest absolute Gasteiger partial charge is 0.205 e. The topological polar surface area (TPSA) is 55.5 Å². The molecule has 0 aliphatic heterocycles. The van der Waals surface area contributed by atoms with Crippen LogP contribution >= 0.6 is 0 Å². The Balaban J connectivity index is 3.56. The molecule has 6 heteroatoms. The first kappa shape index (κ1) is 10.6. The first-order chi connectivity index (χ1) is 6.54. The molecule has 0 saturated heterocycles. The zero-order valence-corrected chi connectivity index (χ0v) is 7.27. The fourth-order valence-corrected chi connectivity index (χ4v) is 1.04. The minimum absolute atomic E-state index is 0.513. The molecule has 1 aromatic carbocycles. The van der Waals surface area contributed by atoms with E-state index in [1.165, 1.54) is 0 Å². The number of methoxy groups -OCH3 is 1. The predicted octanol–water partition coefficient (Wildman–Crippen LogP) is 1.19. The Morgan fingerprint density at radius 2 is 1.79 bits per heavy atom. The maximum atomic E-state index is 13.2. The van der Waals surface area contributed by atoms with Crippen molar-refractivity contribution in [1.82, 2.24) is 0 Å². The summed E-state index contributed by atoms with van der Waals surface area (Å²) in [6, 6.07) is 0. The predicted molar refractivity (Wildman–Crippen MR) is 43.2 cm³/mol. The highest BCUT2D eigenvalue weighted by molar-refractivity contribution is 5.53. The maximum Gasteiger partial charge on any atom is 0.205 e. The van der Waals surface area contributed by atoms with E-state index in [1.54, 1.807) is 0 Å². The standard InChI is InChI=1S/C8H8F3NO2/c1-14-8-4(9)3(2-13)7(12)5(10)6(8)11/h13H,2,12H2,1H3. The van der Waals surface area contributed by atoms with E-state index < -0.39 is 41.1 Å². The van der Waals surface area contributed by atoms with Gasteiger partial charge in [-0.3, -0.25) is 0 Å². The second-order valence-corrected chi connectivity index (χ2v) is 2.53. The Kier molecular flexibility index (Phi) is 2.85. The Bertz CT molecular complexity index is 337. The van der Waals surface area contributed by atoms with Gasteiger partial charge in [0.2, 0.25) is 5.82 Å². The summed E-state index contributed by atoms with van der Waals surface area (Å²) >= 11 is 0. The molecule has 0 aliphatic rings. The highest BCUT2D eigenvalue weighted by Gasteiger charge is 2.23. The molecule has 0 aliphatic carbocycles. The molecule has 14 heavy (non-hydrogen) atoms. The van der Waals surface area contributed by atoms with Crippen molar-refractivity contribution in [3.63, 3.8) is 0 Å². The molecular formula is C8H8F3NO2. The van der Waals surface area contributed by atoms with Crippen molar-refractivity contribution in [1.29, 1.82) is 0 Å². The van der Waals surface area contributed by atoms with Crippen molar-refractivity contribution in [3.05, 3.63) is 23.0 Å². The lowest BCUT2D eigenvalue weighted by molar-refractivity contribution is 0.269. The van der Waals surface area contributed by atoms with E-state index in [0.29, 0.717) is 0 Å². The van der Waals surface area contributed by atoms with E-state index in [1.807, 2.05) is 0 Å². The lowest BCUT2D eigenvalue weighted by Gasteiger charge is -2.10. The highest BCUT2D eigenvalue weighted by atomic mass is 19.2. The third-order valence-electron chi connectivity index (χ3n) is 1.78. The van der Waals surface area contributed by atoms with Crippen LogP contribution < -0.4 is 10.5 Å². The number of hydrogen-bond acceptors (Lipinski definition) is 3. The van der Waals surface area contributed by atoms with Gasteiger partial charge in [0.25, 0.3) is 0 Å². The molecule has 3 N–H and O–H groups in total. The SMILES string of the molecule is COc1c(F)c(F)c(N)c(CO)c1F. The van der Waals surface area contributed by atoms with Gasteiger partial charge in [-0.25, -0.2) is 8.78 Å². The monoisotopic (exact) mass is 207 g/mol. The number of aliphatic hydroxyl groups excluding tert-OH is 1. The summed E-state index contributed by atoms with van der Waals surface area (Å²) in [7, 11) is 0.984. The average molecular weight is 207 g/mol. The molecular weight excluding hydrogens is 199 g/mol. The molecule has 0 heterocycles. The van der Waals surface area contributed by atoms with Crippen LogP contribution in [0.1, 0.15) is 5.56 Å². The molecule has 1 aromatic rings. The molecule has 0 fully saturated rings. The van der Waals surface area contributed by atoms with Crippen molar-refractivity contribution in [3.8, 4) is 5.75 Å². The molecule has 0 bridgehead atoms. The van der Waals surface area contributed by atoms with Gasteiger partial charge in [-0.05, 0) is 0 Å². The van der Waals surface area contributed by atoms with Gasteiger partial charge in [-0.2, -0.15) is 4.39 Å². The van der Waals surface area contributed by atoms with Crippen LogP contribution in [0.15, 0.2) is 0 Å². The Morgan fingerprint density at radius 1 is 1.21 bits per heavy atom. The van der Waals surface area contributed by atoms with Crippen molar-refractivity contribution in [2.45, 2.75) is 6.61 Å². The van der Waals surface area contributed by atoms with E-state index in [9.17, 15) is 13.2 Å². The summed E-state index contributed by atoms with van der Waals surface area (Å²) in [6.07, 6.45) is 0. The minimum Gasteiger partial charge on any atom is -0.491 e. The van der Waals surface area contributed by atoms with E-state index in [-0.39, 0.29) is 0 Å². The van der Waals surface area contributed by atoms with E-state index in [2.05, 4.69) is 4.74 Å². The Labute approximate surface area is 77.9 Å². The maximum absolute atomic E-state index is 13.2. The number of benzene rings is 1. The van der Waals surface area contributed by atoms with E-state index in [4.69, 9.17) is 10.8 Å². The molecule has 78 valence electrons. The van der Waals surface area contributed by atoms with Crippen LogP contribution in [0.3, 0.4) is 0 Å². The van der Waals surface area contributed by atoms with E-state index >= 15 is 0 Å². The molecule has 1 rings (SSSR count). The molecule has 3 nitrogen and oxygen atoms in total. The second-order valence-electron chi connectivity index (χ2n) is 2.53. The van der Waals surface area contributed by atoms with Gasteiger partial charge < -0.3 is 15.6 Å². The Morgan fingerprint density at radius 3 is 2.21 bits per heavy atom. The molecule has 0 spiro atoms. The number of hydrogen-bond donors (Lipinski definition) is 2. The fraction of sp³-hybridized carbons (Fsp3) is 0.250. The van der Waals surface area contributed by atoms with Crippen LogP contribution in [0.5, 0.6) is 5.75 Å². The van der Waals surface area contributed by atoms with Gasteiger partial charge >= 0.3 is 0 Å². The van der Waals surface area contributed by atoms with Crippen LogP contribution in [-0.4, -0.2) is 12.2 Å². The third kappa shape index (κ3) is 1.37. The summed E-state index contributed by atoms with van der Waals surface area (Å²) in [6.45, 7) is -0.828. The number of nitrogens with two attached hydrogens (primary N) is 1. The fourth-order valence-electron chi connectivity index (χ4n) is 1.04. The highest BCUT2D eigenvalue weighted by Crippen LogP contribution is 2.32. The minimum atomic E-state index is -1.50. The first-order valence-electron chi connectivity index (χ1n) is 3.64. The van der Waals surface area contributed by atoms with Crippen molar-refractivity contribution in [2.75, 3.05) is 12.8 Å². The first-order valence-corrected chi connectivity index (χ1v) is 3.64.